The second-order valence-corrected chi connectivity index (χ2v) is 14.1. The number of amides is 2. The van der Waals surface area contributed by atoms with Crippen molar-refractivity contribution in [3.8, 4) is 0 Å². The summed E-state index contributed by atoms with van der Waals surface area (Å²) >= 11 is 0. The molecule has 0 radical (unpaired) electrons. The second-order valence-electron chi connectivity index (χ2n) is 12.1. The van der Waals surface area contributed by atoms with E-state index >= 15 is 0 Å². The fourth-order valence-corrected chi connectivity index (χ4v) is 7.18. The van der Waals surface area contributed by atoms with Crippen LogP contribution in [-0.4, -0.2) is 44.0 Å². The van der Waals surface area contributed by atoms with E-state index in [2.05, 4.69) is 31.0 Å². The summed E-state index contributed by atoms with van der Waals surface area (Å²) in [5.74, 6) is -0.134. The Morgan fingerprint density at radius 1 is 0.914 bits per heavy atom. The molecule has 2 atom stereocenters. The first-order chi connectivity index (χ1) is 16.3. The van der Waals surface area contributed by atoms with Crippen LogP contribution in [0.5, 0.6) is 0 Å². The van der Waals surface area contributed by atoms with Crippen LogP contribution in [0.25, 0.3) is 0 Å². The number of nitrogens with zero attached hydrogens (tertiary/aromatic N) is 1. The number of hydrogen-bond acceptors (Lipinski definition) is 4. The Balaban J connectivity index is 1.28. The molecule has 186 valence electrons. The van der Waals surface area contributed by atoms with E-state index in [9.17, 15) is 18.0 Å². The maximum Gasteiger partial charge on any atom is 0.254 e. The molecule has 0 aromatic heterocycles. The summed E-state index contributed by atoms with van der Waals surface area (Å²) in [5.41, 5.74) is 2.13. The molecule has 1 saturated heterocycles. The number of nitrogens with one attached hydrogen (secondary N) is 1. The molecule has 2 bridgehead atoms. The number of carbonyl (C=O) groups is 2. The van der Waals surface area contributed by atoms with E-state index in [4.69, 9.17) is 0 Å². The van der Waals surface area contributed by atoms with Gasteiger partial charge in [-0.1, -0.05) is 32.9 Å². The summed E-state index contributed by atoms with van der Waals surface area (Å²) in [7, 11) is -3.31. The number of carbonyl (C=O) groups excluding carboxylic acids is 2. The molecule has 2 amide bonds. The van der Waals surface area contributed by atoms with Crippen molar-refractivity contribution < 1.29 is 18.0 Å². The average molecular weight is 495 g/mol. The largest absolute Gasteiger partial charge is 0.343 e. The zero-order valence-electron chi connectivity index (χ0n) is 20.9. The zero-order valence-corrected chi connectivity index (χ0v) is 21.7. The van der Waals surface area contributed by atoms with E-state index in [1.807, 2.05) is 24.3 Å². The van der Waals surface area contributed by atoms with Crippen molar-refractivity contribution in [2.75, 3.05) is 12.8 Å². The lowest BCUT2D eigenvalue weighted by Crippen LogP contribution is -2.38. The molecule has 5 rings (SSSR count). The predicted molar refractivity (Wildman–Crippen MR) is 135 cm³/mol. The van der Waals surface area contributed by atoms with Gasteiger partial charge in [-0.25, -0.2) is 8.42 Å². The molecule has 6 nitrogen and oxygen atoms in total. The molecule has 1 heterocycles. The molecule has 1 aliphatic heterocycles. The van der Waals surface area contributed by atoms with Crippen molar-refractivity contribution >= 4 is 21.7 Å². The van der Waals surface area contributed by atoms with E-state index in [0.29, 0.717) is 17.2 Å². The third kappa shape index (κ3) is 4.63. The van der Waals surface area contributed by atoms with Gasteiger partial charge >= 0.3 is 0 Å². The van der Waals surface area contributed by atoms with E-state index in [1.54, 1.807) is 0 Å². The fraction of sp³-hybridized carbons (Fsp3) is 0.500. The number of rotatable bonds is 5. The van der Waals surface area contributed by atoms with Crippen molar-refractivity contribution in [2.45, 2.75) is 69.4 Å². The van der Waals surface area contributed by atoms with Gasteiger partial charge in [-0.2, -0.15) is 0 Å². The van der Waals surface area contributed by atoms with Crippen molar-refractivity contribution in [2.24, 2.45) is 10.8 Å². The molecule has 3 fully saturated rings. The lowest BCUT2D eigenvalue weighted by atomic mass is 9.65. The van der Waals surface area contributed by atoms with Crippen LogP contribution in [0, 0.1) is 10.8 Å². The number of benzene rings is 2. The lowest BCUT2D eigenvalue weighted by Gasteiger charge is -2.39. The molecule has 35 heavy (non-hydrogen) atoms. The number of hydrogen-bond donors (Lipinski definition) is 1. The van der Waals surface area contributed by atoms with E-state index in [0.717, 1.165) is 50.5 Å². The van der Waals surface area contributed by atoms with Crippen LogP contribution < -0.4 is 5.32 Å². The van der Waals surface area contributed by atoms with Crippen LogP contribution in [0.1, 0.15) is 79.2 Å². The molecule has 2 saturated carbocycles. The fourth-order valence-electron chi connectivity index (χ4n) is 6.55. The summed E-state index contributed by atoms with van der Waals surface area (Å²) in [5, 5.41) is 3.12. The minimum absolute atomic E-state index is 0.0998. The van der Waals surface area contributed by atoms with Crippen LogP contribution in [0.15, 0.2) is 53.4 Å². The number of sulfone groups is 1. The van der Waals surface area contributed by atoms with E-state index < -0.39 is 15.4 Å². The van der Waals surface area contributed by atoms with Crippen LogP contribution in [0.2, 0.25) is 0 Å². The van der Waals surface area contributed by atoms with Crippen molar-refractivity contribution in [3.05, 3.63) is 65.2 Å². The van der Waals surface area contributed by atoms with Gasteiger partial charge < -0.3 is 10.2 Å². The van der Waals surface area contributed by atoms with Crippen molar-refractivity contribution in [3.63, 3.8) is 0 Å². The molecule has 2 aliphatic carbocycles. The molecule has 2 aromatic carbocycles. The Hall–Kier alpha value is -2.67. The van der Waals surface area contributed by atoms with Crippen LogP contribution >= 0.6 is 0 Å². The van der Waals surface area contributed by atoms with Gasteiger partial charge in [0.2, 0.25) is 0 Å². The first kappa shape index (κ1) is 24.0. The molecule has 0 spiro atoms. The molecular formula is C28H34N2O4S. The minimum Gasteiger partial charge on any atom is -0.343 e. The molecule has 3 aliphatic rings. The zero-order chi connectivity index (χ0) is 25.2. The van der Waals surface area contributed by atoms with Gasteiger partial charge in [-0.3, -0.25) is 9.59 Å². The Morgan fingerprint density at radius 3 is 2.09 bits per heavy atom. The molecule has 7 heteroatoms. The average Bonchev–Trinajstić information content (AvgIpc) is 3.50. The van der Waals surface area contributed by atoms with E-state index in [-0.39, 0.29) is 27.5 Å². The van der Waals surface area contributed by atoms with Crippen LogP contribution in [0.3, 0.4) is 0 Å². The maximum absolute atomic E-state index is 13.4. The molecule has 1 N–H and O–H groups in total. The third-order valence-electron chi connectivity index (χ3n) is 8.01. The van der Waals surface area contributed by atoms with Gasteiger partial charge in [0.05, 0.1) is 10.4 Å². The van der Waals surface area contributed by atoms with E-state index in [1.165, 1.54) is 24.3 Å². The van der Waals surface area contributed by atoms with Gasteiger partial charge in [0.25, 0.3) is 11.8 Å². The third-order valence-corrected chi connectivity index (χ3v) is 9.14. The summed E-state index contributed by atoms with van der Waals surface area (Å²) < 4.78 is 23.3. The molecule has 2 unspecified atom stereocenters. The smallest absolute Gasteiger partial charge is 0.254 e. The summed E-state index contributed by atoms with van der Waals surface area (Å²) in [6.45, 7) is 7.75. The molecule has 2 aromatic rings. The summed E-state index contributed by atoms with van der Waals surface area (Å²) in [6, 6.07) is 14.0. The maximum atomic E-state index is 13.4. The standard InChI is InChI=1S/C28H34N2O4S/c1-26(2)15-22-16-27(3,17-26)18-30(22)25(32)20-5-9-21(10-6-20)28(13-14-28)29-24(31)19-7-11-23(12-8-19)35(4,33)34/h5-12,22H,13-18H2,1-4H3,(H,29,31). The topological polar surface area (TPSA) is 83.6 Å². The highest BCUT2D eigenvalue weighted by molar-refractivity contribution is 7.90. The first-order valence-electron chi connectivity index (χ1n) is 12.3. The SMILES string of the molecule is CC1(C)CC2CC(C)(CN2C(=O)c2ccc(C3(NC(=O)c4ccc(S(C)(=O)=O)cc4)CC3)cc2)C1. The van der Waals surface area contributed by atoms with Gasteiger partial charge in [-0.15, -0.1) is 0 Å². The van der Waals surface area contributed by atoms with Crippen LogP contribution in [-0.2, 0) is 15.4 Å². The Morgan fingerprint density at radius 2 is 1.51 bits per heavy atom. The van der Waals surface area contributed by atoms with Gasteiger partial charge in [0, 0.05) is 30.0 Å². The Kier molecular flexibility index (Phi) is 5.44. The first-order valence-corrected chi connectivity index (χ1v) is 14.2. The minimum atomic E-state index is -3.31. The van der Waals surface area contributed by atoms with Crippen molar-refractivity contribution in [1.82, 2.24) is 10.2 Å². The monoisotopic (exact) mass is 494 g/mol. The normalized spacial score (nSPS) is 26.3. The Bertz CT molecular complexity index is 1280. The predicted octanol–water partition coefficient (Wildman–Crippen LogP) is 4.55. The number of likely N-dealkylation sites (tertiary alicyclic amines) is 1. The highest BCUT2D eigenvalue weighted by atomic mass is 32.2. The number of fused-ring (bicyclic) bond motifs is 2. The lowest BCUT2D eigenvalue weighted by molar-refractivity contribution is 0.0707. The Labute approximate surface area is 208 Å². The van der Waals surface area contributed by atoms with Crippen LogP contribution in [0.4, 0.5) is 0 Å². The molecular weight excluding hydrogens is 460 g/mol. The quantitative estimate of drug-likeness (QED) is 0.661. The second kappa shape index (κ2) is 7.92. The summed E-state index contributed by atoms with van der Waals surface area (Å²) in [4.78, 5) is 28.5. The van der Waals surface area contributed by atoms with Gasteiger partial charge in [-0.05, 0) is 84.9 Å². The summed E-state index contributed by atoms with van der Waals surface area (Å²) in [6.07, 6.45) is 6.09. The van der Waals surface area contributed by atoms with Crippen molar-refractivity contribution in [1.29, 1.82) is 0 Å². The highest BCUT2D eigenvalue weighted by Crippen LogP contribution is 2.53. The highest BCUT2D eigenvalue weighted by Gasteiger charge is 2.51. The van der Waals surface area contributed by atoms with Gasteiger partial charge in [0.15, 0.2) is 9.84 Å². The van der Waals surface area contributed by atoms with Gasteiger partial charge in [0.1, 0.15) is 0 Å².